The van der Waals surface area contributed by atoms with E-state index in [1.165, 1.54) is 7.11 Å². The van der Waals surface area contributed by atoms with Crippen molar-refractivity contribution >= 4 is 17.8 Å². The molecule has 1 atom stereocenters. The lowest BCUT2D eigenvalue weighted by molar-refractivity contribution is -0.408. The lowest BCUT2D eigenvalue weighted by atomic mass is 10.2. The van der Waals surface area contributed by atoms with Gasteiger partial charge >= 0.3 is 5.97 Å². The summed E-state index contributed by atoms with van der Waals surface area (Å²) < 4.78 is 4.54. The monoisotopic (exact) mass is 230 g/mol. The number of ether oxygens (including phenoxy) is 1. The van der Waals surface area contributed by atoms with Crippen LogP contribution in [0.4, 0.5) is 0 Å². The lowest BCUT2D eigenvalue weighted by Gasteiger charge is -2.16. The number of aliphatic carboxylic acids is 1. The third-order valence-corrected chi connectivity index (χ3v) is 2.47. The zero-order valence-corrected chi connectivity index (χ0v) is 8.95. The van der Waals surface area contributed by atoms with Crippen LogP contribution in [0.1, 0.15) is 19.3 Å². The van der Waals surface area contributed by atoms with Gasteiger partial charge in [0.05, 0.1) is 7.11 Å². The van der Waals surface area contributed by atoms with Gasteiger partial charge < -0.3 is 25.7 Å². The maximum Gasteiger partial charge on any atom is 0.331 e. The molecule has 0 spiro atoms. The van der Waals surface area contributed by atoms with Gasteiger partial charge in [-0.3, -0.25) is 4.79 Å². The summed E-state index contributed by atoms with van der Waals surface area (Å²) in [7, 11) is 1.23. The third-order valence-electron chi connectivity index (χ3n) is 2.47. The highest BCUT2D eigenvalue weighted by Crippen LogP contribution is 2.36. The van der Waals surface area contributed by atoms with E-state index >= 15 is 0 Å². The van der Waals surface area contributed by atoms with E-state index in [1.54, 1.807) is 0 Å². The Morgan fingerprint density at radius 2 is 2.06 bits per heavy atom. The Morgan fingerprint density at radius 3 is 2.44 bits per heavy atom. The van der Waals surface area contributed by atoms with E-state index in [0.29, 0.717) is 12.8 Å². The van der Waals surface area contributed by atoms with Crippen molar-refractivity contribution in [2.45, 2.75) is 30.8 Å². The van der Waals surface area contributed by atoms with E-state index < -0.39 is 35.8 Å². The third kappa shape index (κ3) is 2.69. The standard InChI is InChI=1S/C9H14N2O5/c1-16-8(15)9(2-3-9)11-7(14)5(10)4-6(12)13/h5H,2-4,10H2,1H3,(H,11,14)(H,12,13). The minimum atomic E-state index is -1.35. The van der Waals surface area contributed by atoms with Gasteiger partial charge in [0.1, 0.15) is 5.54 Å². The minimum Gasteiger partial charge on any atom is -0.550 e. The fraction of sp³-hybridized carbons (Fsp3) is 0.667. The molecular formula is C9H14N2O5. The smallest absolute Gasteiger partial charge is 0.331 e. The Balaban J connectivity index is 2.51. The molecule has 1 amide bonds. The average molecular weight is 230 g/mol. The topological polar surface area (TPSA) is 123 Å². The normalized spacial score (nSPS) is 18.4. The maximum atomic E-state index is 11.5. The van der Waals surface area contributed by atoms with Gasteiger partial charge in [-0.25, -0.2) is 4.79 Å². The lowest BCUT2D eigenvalue weighted by Crippen LogP contribution is -2.70. The zero-order valence-electron chi connectivity index (χ0n) is 8.95. The van der Waals surface area contributed by atoms with E-state index in [4.69, 9.17) is 0 Å². The molecule has 1 aliphatic carbocycles. The molecule has 7 heteroatoms. The summed E-state index contributed by atoms with van der Waals surface area (Å²) in [6.07, 6.45) is 0.538. The fourth-order valence-electron chi connectivity index (χ4n) is 1.33. The van der Waals surface area contributed by atoms with E-state index in [-0.39, 0.29) is 0 Å². The van der Waals surface area contributed by atoms with Gasteiger partial charge in [-0.2, -0.15) is 0 Å². The Kier molecular flexibility index (Phi) is 3.48. The van der Waals surface area contributed by atoms with Crippen molar-refractivity contribution in [3.05, 3.63) is 0 Å². The van der Waals surface area contributed by atoms with Crippen LogP contribution in [0.5, 0.6) is 0 Å². The van der Waals surface area contributed by atoms with Gasteiger partial charge in [0.15, 0.2) is 6.04 Å². The number of carboxylic acid groups (broad SMARTS) is 1. The number of hydrogen-bond donors (Lipinski definition) is 2. The molecule has 1 rings (SSSR count). The van der Waals surface area contributed by atoms with Crippen LogP contribution in [0.25, 0.3) is 0 Å². The number of methoxy groups -OCH3 is 1. The largest absolute Gasteiger partial charge is 0.550 e. The van der Waals surface area contributed by atoms with Crippen molar-refractivity contribution in [2.24, 2.45) is 0 Å². The molecule has 0 radical (unpaired) electrons. The summed E-state index contributed by atoms with van der Waals surface area (Å²) in [6, 6.07) is -0.966. The first-order valence-corrected chi connectivity index (χ1v) is 4.84. The molecule has 1 saturated carbocycles. The van der Waals surface area contributed by atoms with Crippen molar-refractivity contribution in [1.29, 1.82) is 0 Å². The molecule has 4 N–H and O–H groups in total. The zero-order chi connectivity index (χ0) is 12.3. The number of hydrogen-bond acceptors (Lipinski definition) is 5. The first-order valence-electron chi connectivity index (χ1n) is 4.84. The molecule has 90 valence electrons. The van der Waals surface area contributed by atoms with Crippen LogP contribution < -0.4 is 16.2 Å². The van der Waals surface area contributed by atoms with Gasteiger partial charge in [0.2, 0.25) is 0 Å². The summed E-state index contributed by atoms with van der Waals surface area (Å²) >= 11 is 0. The van der Waals surface area contributed by atoms with Crippen LogP contribution in [-0.4, -0.2) is 36.5 Å². The number of carbonyl (C=O) groups excluding carboxylic acids is 3. The molecule has 0 aromatic rings. The van der Waals surface area contributed by atoms with Crippen molar-refractivity contribution in [3.63, 3.8) is 0 Å². The van der Waals surface area contributed by atoms with Gasteiger partial charge in [0.25, 0.3) is 5.91 Å². The number of quaternary nitrogens is 1. The first-order chi connectivity index (χ1) is 7.41. The van der Waals surface area contributed by atoms with Gasteiger partial charge in [-0.05, 0) is 12.8 Å². The van der Waals surface area contributed by atoms with E-state index in [0.717, 1.165) is 0 Å². The Bertz CT molecular complexity index is 324. The molecular weight excluding hydrogens is 216 g/mol. The highest BCUT2D eigenvalue weighted by molar-refractivity contribution is 5.93. The van der Waals surface area contributed by atoms with Crippen LogP contribution in [0.2, 0.25) is 0 Å². The quantitative estimate of drug-likeness (QED) is 0.475. The van der Waals surface area contributed by atoms with Crippen LogP contribution >= 0.6 is 0 Å². The molecule has 0 aromatic carbocycles. The SMILES string of the molecule is COC(=O)C1(NC(=O)C([NH3+])CC(=O)[O-])CC1. The van der Waals surface area contributed by atoms with E-state index in [2.05, 4.69) is 15.8 Å². The van der Waals surface area contributed by atoms with E-state index in [1.807, 2.05) is 0 Å². The first kappa shape index (κ1) is 12.4. The molecule has 1 aliphatic rings. The fourth-order valence-corrected chi connectivity index (χ4v) is 1.33. The Labute approximate surface area is 91.9 Å². The van der Waals surface area contributed by atoms with Crippen LogP contribution in [0.15, 0.2) is 0 Å². The molecule has 0 bridgehead atoms. The molecule has 7 nitrogen and oxygen atoms in total. The van der Waals surface area contributed by atoms with Crippen LogP contribution in [-0.2, 0) is 19.1 Å². The molecule has 0 heterocycles. The second-order valence-corrected chi connectivity index (χ2v) is 3.84. The number of carbonyl (C=O) groups is 3. The van der Waals surface area contributed by atoms with Gasteiger partial charge in [-0.1, -0.05) is 0 Å². The number of carboxylic acids is 1. The molecule has 1 fully saturated rings. The molecule has 0 saturated heterocycles. The Hall–Kier alpha value is -1.63. The maximum absolute atomic E-state index is 11.5. The summed E-state index contributed by atoms with van der Waals surface area (Å²) in [6.45, 7) is 0. The minimum absolute atomic E-state index is 0.469. The molecule has 1 unspecified atom stereocenters. The second-order valence-electron chi connectivity index (χ2n) is 3.84. The number of amides is 1. The predicted molar refractivity (Wildman–Crippen MR) is 48.4 cm³/mol. The van der Waals surface area contributed by atoms with Crippen molar-refractivity contribution in [3.8, 4) is 0 Å². The van der Waals surface area contributed by atoms with Crippen molar-refractivity contribution in [1.82, 2.24) is 5.32 Å². The molecule has 0 aliphatic heterocycles. The highest BCUT2D eigenvalue weighted by Gasteiger charge is 2.53. The average Bonchev–Trinajstić information content (AvgIpc) is 2.96. The summed E-state index contributed by atoms with van der Waals surface area (Å²) in [5.74, 6) is -2.44. The van der Waals surface area contributed by atoms with Crippen molar-refractivity contribution < 1.29 is 30.0 Å². The van der Waals surface area contributed by atoms with Gasteiger partial charge in [0, 0.05) is 12.4 Å². The Morgan fingerprint density at radius 1 is 1.50 bits per heavy atom. The summed E-state index contributed by atoms with van der Waals surface area (Å²) in [5.41, 5.74) is 2.43. The second kappa shape index (κ2) is 4.48. The number of esters is 1. The number of rotatable bonds is 5. The molecule has 0 aromatic heterocycles. The molecule has 16 heavy (non-hydrogen) atoms. The van der Waals surface area contributed by atoms with Gasteiger partial charge in [-0.15, -0.1) is 0 Å². The number of nitrogens with one attached hydrogen (secondary N) is 1. The summed E-state index contributed by atoms with van der Waals surface area (Å²) in [5, 5.41) is 12.7. The van der Waals surface area contributed by atoms with Crippen LogP contribution in [0.3, 0.4) is 0 Å². The van der Waals surface area contributed by atoms with Crippen molar-refractivity contribution in [2.75, 3.05) is 7.11 Å². The van der Waals surface area contributed by atoms with E-state index in [9.17, 15) is 19.5 Å². The summed E-state index contributed by atoms with van der Waals surface area (Å²) in [4.78, 5) is 33.0. The van der Waals surface area contributed by atoms with Crippen LogP contribution in [0, 0.1) is 0 Å². The highest BCUT2D eigenvalue weighted by atomic mass is 16.5. The predicted octanol–water partition coefficient (Wildman–Crippen LogP) is -3.44.